The van der Waals surface area contributed by atoms with Crippen molar-refractivity contribution >= 4 is 39.0 Å². The average molecular weight is 726 g/mol. The van der Waals surface area contributed by atoms with E-state index in [0.717, 1.165) is 50.1 Å². The number of anilines is 3. The van der Waals surface area contributed by atoms with Crippen LogP contribution in [0.3, 0.4) is 0 Å². The van der Waals surface area contributed by atoms with Crippen LogP contribution in [0.1, 0.15) is 22.3 Å². The van der Waals surface area contributed by atoms with Crippen molar-refractivity contribution in [3.8, 4) is 44.5 Å². The second-order valence-electron chi connectivity index (χ2n) is 15.2. The van der Waals surface area contributed by atoms with E-state index in [2.05, 4.69) is 205 Å². The predicted octanol–water partition coefficient (Wildman–Crippen LogP) is 14.7. The molecule has 0 bridgehead atoms. The molecule has 0 fully saturated rings. The number of hydrogen-bond donors (Lipinski definition) is 0. The molecule has 0 saturated carbocycles. The Morgan fingerprint density at radius 1 is 0.333 bits per heavy atom. The van der Waals surface area contributed by atoms with Gasteiger partial charge in [0.2, 0.25) is 0 Å². The third-order valence-corrected chi connectivity index (χ3v) is 12.3. The van der Waals surface area contributed by atoms with Crippen molar-refractivity contribution in [2.45, 2.75) is 5.41 Å². The summed E-state index contributed by atoms with van der Waals surface area (Å²) in [6.45, 7) is 0. The Morgan fingerprint density at radius 3 is 1.61 bits per heavy atom. The van der Waals surface area contributed by atoms with E-state index in [1.54, 1.807) is 0 Å². The van der Waals surface area contributed by atoms with Crippen LogP contribution in [-0.2, 0) is 5.41 Å². The summed E-state index contributed by atoms with van der Waals surface area (Å²) in [6, 6.07) is 77.6. The molecule has 2 heteroatoms. The first-order valence-electron chi connectivity index (χ1n) is 19.7. The molecule has 0 saturated heterocycles. The van der Waals surface area contributed by atoms with Gasteiger partial charge >= 0.3 is 0 Å². The first-order chi connectivity index (χ1) is 28.3. The van der Waals surface area contributed by atoms with E-state index < -0.39 is 5.41 Å². The molecule has 57 heavy (non-hydrogen) atoms. The third-order valence-electron chi connectivity index (χ3n) is 12.3. The van der Waals surface area contributed by atoms with Crippen LogP contribution in [0.5, 0.6) is 0 Å². The smallest absolute Gasteiger partial charge is 0.135 e. The fourth-order valence-corrected chi connectivity index (χ4v) is 9.96. The normalized spacial score (nSPS) is 13.1. The van der Waals surface area contributed by atoms with E-state index in [0.29, 0.717) is 0 Å². The lowest BCUT2D eigenvalue weighted by atomic mass is 9.70. The van der Waals surface area contributed by atoms with Gasteiger partial charge < -0.3 is 9.32 Å². The van der Waals surface area contributed by atoms with E-state index in [1.165, 1.54) is 55.6 Å². The first-order valence-corrected chi connectivity index (χ1v) is 19.7. The monoisotopic (exact) mass is 725 g/mol. The lowest BCUT2D eigenvalue weighted by molar-refractivity contribution is 0.669. The van der Waals surface area contributed by atoms with Crippen molar-refractivity contribution in [3.63, 3.8) is 0 Å². The molecule has 0 amide bonds. The number of rotatable bonds is 5. The van der Waals surface area contributed by atoms with Gasteiger partial charge in [-0.15, -0.1) is 0 Å². The minimum absolute atomic E-state index is 0.440. The average Bonchev–Trinajstić information content (AvgIpc) is 3.91. The summed E-state index contributed by atoms with van der Waals surface area (Å²) in [5.74, 6) is 0. The Kier molecular flexibility index (Phi) is 6.88. The van der Waals surface area contributed by atoms with Crippen LogP contribution in [0.15, 0.2) is 217 Å². The summed E-state index contributed by atoms with van der Waals surface area (Å²) < 4.78 is 6.28. The van der Waals surface area contributed by atoms with Gasteiger partial charge in [0.1, 0.15) is 11.2 Å². The van der Waals surface area contributed by atoms with Crippen molar-refractivity contribution in [1.82, 2.24) is 0 Å². The molecular formula is C55H35NO. The quantitative estimate of drug-likeness (QED) is 0.176. The number of fused-ring (bicyclic) bond motifs is 13. The molecule has 266 valence electrons. The molecule has 0 N–H and O–H groups in total. The van der Waals surface area contributed by atoms with Crippen LogP contribution < -0.4 is 4.90 Å². The number of nitrogens with zero attached hydrogens (tertiary/aromatic N) is 1. The molecule has 9 aromatic carbocycles. The molecule has 0 atom stereocenters. The Labute approximate surface area is 331 Å². The Morgan fingerprint density at radius 2 is 0.860 bits per heavy atom. The topological polar surface area (TPSA) is 16.4 Å². The highest BCUT2D eigenvalue weighted by Gasteiger charge is 2.52. The van der Waals surface area contributed by atoms with Gasteiger partial charge in [0.05, 0.1) is 16.8 Å². The van der Waals surface area contributed by atoms with Gasteiger partial charge in [0.15, 0.2) is 0 Å². The second-order valence-corrected chi connectivity index (χ2v) is 15.2. The first kappa shape index (κ1) is 31.9. The molecule has 10 aromatic rings. The van der Waals surface area contributed by atoms with Crippen LogP contribution in [0.4, 0.5) is 17.1 Å². The number of hydrogen-bond acceptors (Lipinski definition) is 2. The summed E-state index contributed by atoms with van der Waals surface area (Å²) >= 11 is 0. The van der Waals surface area contributed by atoms with Crippen molar-refractivity contribution in [1.29, 1.82) is 0 Å². The van der Waals surface area contributed by atoms with E-state index in [-0.39, 0.29) is 0 Å². The predicted molar refractivity (Wildman–Crippen MR) is 236 cm³/mol. The van der Waals surface area contributed by atoms with Gasteiger partial charge in [-0.3, -0.25) is 0 Å². The maximum atomic E-state index is 6.28. The zero-order valence-electron chi connectivity index (χ0n) is 31.1. The lowest BCUT2D eigenvalue weighted by Gasteiger charge is -2.32. The molecule has 2 nitrogen and oxygen atoms in total. The Balaban J connectivity index is 1.13. The molecule has 2 aliphatic rings. The largest absolute Gasteiger partial charge is 0.456 e. The van der Waals surface area contributed by atoms with Crippen LogP contribution in [-0.4, -0.2) is 0 Å². The summed E-state index contributed by atoms with van der Waals surface area (Å²) in [5, 5.41) is 2.24. The van der Waals surface area contributed by atoms with Gasteiger partial charge in [-0.2, -0.15) is 0 Å². The van der Waals surface area contributed by atoms with Gasteiger partial charge in [0.25, 0.3) is 0 Å². The summed E-state index contributed by atoms with van der Waals surface area (Å²) in [7, 11) is 0. The van der Waals surface area contributed by atoms with Gasteiger partial charge in [-0.05, 0) is 98.1 Å². The van der Waals surface area contributed by atoms with Gasteiger partial charge in [0, 0.05) is 27.6 Å². The van der Waals surface area contributed by atoms with Gasteiger partial charge in [-0.25, -0.2) is 0 Å². The zero-order valence-corrected chi connectivity index (χ0v) is 31.1. The fraction of sp³-hybridized carbons (Fsp3) is 0.0182. The third kappa shape index (κ3) is 4.53. The molecule has 1 heterocycles. The van der Waals surface area contributed by atoms with Crippen molar-refractivity contribution in [3.05, 3.63) is 235 Å². The number of furan rings is 1. The van der Waals surface area contributed by atoms with Crippen molar-refractivity contribution < 1.29 is 4.42 Å². The minimum atomic E-state index is -0.440. The van der Waals surface area contributed by atoms with Gasteiger partial charge in [-0.1, -0.05) is 170 Å². The SMILES string of the molecule is c1ccc(-c2ccc(N(c3ccccc3-c3ccc4oc5ccccc5c4c3)c3cccc4c3-c3ccccc3C43c4ccccc4-c4ccccc43)cc2)cc1. The molecule has 0 unspecified atom stereocenters. The molecule has 1 aromatic heterocycles. The highest BCUT2D eigenvalue weighted by atomic mass is 16.3. The van der Waals surface area contributed by atoms with E-state index in [4.69, 9.17) is 4.42 Å². The van der Waals surface area contributed by atoms with E-state index >= 15 is 0 Å². The highest BCUT2D eigenvalue weighted by molar-refractivity contribution is 6.07. The summed E-state index contributed by atoms with van der Waals surface area (Å²) in [4.78, 5) is 2.49. The lowest BCUT2D eigenvalue weighted by Crippen LogP contribution is -2.26. The van der Waals surface area contributed by atoms with Crippen LogP contribution in [0, 0.1) is 0 Å². The molecule has 12 rings (SSSR count). The number of benzene rings is 9. The van der Waals surface area contributed by atoms with Crippen LogP contribution in [0.2, 0.25) is 0 Å². The number of para-hydroxylation sites is 2. The summed E-state index contributed by atoms with van der Waals surface area (Å²) in [5.41, 5.74) is 19.8. The Hall–Kier alpha value is -7.42. The van der Waals surface area contributed by atoms with E-state index in [1.807, 2.05) is 12.1 Å². The zero-order chi connectivity index (χ0) is 37.5. The molecule has 0 radical (unpaired) electrons. The highest BCUT2D eigenvalue weighted by Crippen LogP contribution is 2.64. The van der Waals surface area contributed by atoms with Crippen molar-refractivity contribution in [2.75, 3.05) is 4.90 Å². The standard InChI is InChI=1S/C55H35NO/c1-2-15-36(16-3-1)37-29-32-39(33-30-37)56(50-26-12-7-17-40(50)38-31-34-53-45(35-38)43-20-8-13-28-52(43)57-53)51-27-14-25-49-54(51)44-21-6-11-24-48(44)55(49)46-22-9-4-18-41(46)42-19-5-10-23-47(42)55/h1-35H. The van der Waals surface area contributed by atoms with Crippen LogP contribution in [0.25, 0.3) is 66.4 Å². The molecular weight excluding hydrogens is 691 g/mol. The maximum absolute atomic E-state index is 6.28. The maximum Gasteiger partial charge on any atom is 0.135 e. The van der Waals surface area contributed by atoms with E-state index in [9.17, 15) is 0 Å². The molecule has 2 aliphatic carbocycles. The van der Waals surface area contributed by atoms with Crippen molar-refractivity contribution in [2.24, 2.45) is 0 Å². The summed E-state index contributed by atoms with van der Waals surface area (Å²) in [6.07, 6.45) is 0. The fourth-order valence-electron chi connectivity index (χ4n) is 9.96. The minimum Gasteiger partial charge on any atom is -0.456 e. The second kappa shape index (κ2) is 12.3. The van der Waals surface area contributed by atoms with Crippen LogP contribution >= 0.6 is 0 Å². The Bertz CT molecular complexity index is 3140. The molecule has 0 aliphatic heterocycles. The molecule has 1 spiro atoms.